The predicted octanol–water partition coefficient (Wildman–Crippen LogP) is 3.14. The molecule has 2 rings (SSSR count). The average molecular weight is 253 g/mol. The van der Waals surface area contributed by atoms with E-state index in [0.717, 1.165) is 24.8 Å². The van der Waals surface area contributed by atoms with Crippen molar-refractivity contribution < 1.29 is 4.79 Å². The lowest BCUT2D eigenvalue weighted by Gasteiger charge is -2.19. The number of carbonyl (C=O) groups is 1. The molecule has 1 aromatic carbocycles. The summed E-state index contributed by atoms with van der Waals surface area (Å²) in [5, 5.41) is 0. The molecule has 0 heterocycles. The van der Waals surface area contributed by atoms with Crippen LogP contribution in [0.4, 0.5) is 0 Å². The predicted molar refractivity (Wildman–Crippen MR) is 61.2 cm³/mol. The molecule has 0 aromatic heterocycles. The number of benzene rings is 1. The highest BCUT2D eigenvalue weighted by molar-refractivity contribution is 9.10. The highest BCUT2D eigenvalue weighted by Crippen LogP contribution is 2.26. The van der Waals surface area contributed by atoms with Gasteiger partial charge in [0.1, 0.15) is 0 Å². The van der Waals surface area contributed by atoms with Gasteiger partial charge in [-0.15, -0.1) is 0 Å². The Hall–Kier alpha value is -0.630. The molecular formula is C12H13BrO. The molecule has 1 atom stereocenters. The largest absolute Gasteiger partial charge is 0.293 e. The summed E-state index contributed by atoms with van der Waals surface area (Å²) in [6.45, 7) is 2.11. The average Bonchev–Trinajstić information content (AvgIpc) is 2.23. The lowest BCUT2D eigenvalue weighted by molar-refractivity contribution is 0.0981. The maximum atomic E-state index is 11.8. The van der Waals surface area contributed by atoms with Gasteiger partial charge in [0, 0.05) is 5.56 Å². The third kappa shape index (κ3) is 1.63. The van der Waals surface area contributed by atoms with Crippen molar-refractivity contribution in [3.8, 4) is 0 Å². The molecule has 1 aliphatic rings. The summed E-state index contributed by atoms with van der Waals surface area (Å²) in [5.74, 6) is 0.251. The van der Waals surface area contributed by atoms with E-state index in [0.29, 0.717) is 0 Å². The van der Waals surface area contributed by atoms with Crippen molar-refractivity contribution in [3.63, 3.8) is 0 Å². The van der Waals surface area contributed by atoms with Crippen molar-refractivity contribution in [3.05, 3.63) is 34.9 Å². The van der Waals surface area contributed by atoms with Crippen LogP contribution in [0.5, 0.6) is 0 Å². The first-order chi connectivity index (χ1) is 6.72. The molecule has 0 saturated heterocycles. The zero-order valence-corrected chi connectivity index (χ0v) is 9.80. The molecule has 1 aliphatic carbocycles. The van der Waals surface area contributed by atoms with Crippen LogP contribution in [0, 0.1) is 0 Å². The van der Waals surface area contributed by atoms with E-state index in [4.69, 9.17) is 0 Å². The minimum absolute atomic E-state index is 0.0297. The van der Waals surface area contributed by atoms with E-state index in [1.165, 1.54) is 11.1 Å². The fraction of sp³-hybridized carbons (Fsp3) is 0.417. The summed E-state index contributed by atoms with van der Waals surface area (Å²) in [5.41, 5.74) is 3.39. The molecular weight excluding hydrogens is 240 g/mol. The summed E-state index contributed by atoms with van der Waals surface area (Å²) >= 11 is 3.42. The zero-order chi connectivity index (χ0) is 10.1. The second-order valence-corrected chi connectivity index (χ2v) is 4.82. The van der Waals surface area contributed by atoms with Gasteiger partial charge in [-0.25, -0.2) is 0 Å². The van der Waals surface area contributed by atoms with Crippen molar-refractivity contribution in [2.75, 3.05) is 0 Å². The standard InChI is InChI=1S/C12H13BrO/c1-2-8-3-4-9-5-6-11(13)12(14)10(9)7-8/h3-4,7,11H,2,5-6H2,1H3. The van der Waals surface area contributed by atoms with Crippen LogP contribution < -0.4 is 0 Å². The Labute approximate surface area is 92.6 Å². The summed E-state index contributed by atoms with van der Waals surface area (Å²) < 4.78 is 0. The van der Waals surface area contributed by atoms with Gasteiger partial charge < -0.3 is 0 Å². The fourth-order valence-electron chi connectivity index (χ4n) is 1.87. The quantitative estimate of drug-likeness (QED) is 0.702. The molecule has 0 N–H and O–H groups in total. The maximum Gasteiger partial charge on any atom is 0.176 e. The highest BCUT2D eigenvalue weighted by Gasteiger charge is 2.24. The topological polar surface area (TPSA) is 17.1 Å². The van der Waals surface area contributed by atoms with Crippen LogP contribution in [0.1, 0.15) is 34.8 Å². The number of Topliss-reactive ketones (excluding diaryl/α,β-unsaturated/α-hetero) is 1. The molecule has 0 fully saturated rings. The van der Waals surface area contributed by atoms with Crippen LogP contribution in [0.15, 0.2) is 18.2 Å². The lowest BCUT2D eigenvalue weighted by atomic mass is 9.89. The van der Waals surface area contributed by atoms with Crippen molar-refractivity contribution in [2.45, 2.75) is 31.0 Å². The lowest BCUT2D eigenvalue weighted by Crippen LogP contribution is -2.22. The first kappa shape index (κ1) is 9.91. The summed E-state index contributed by atoms with van der Waals surface area (Å²) in [4.78, 5) is 11.9. The third-order valence-corrected chi connectivity index (χ3v) is 3.67. The third-order valence-electron chi connectivity index (χ3n) is 2.80. The van der Waals surface area contributed by atoms with Crippen molar-refractivity contribution in [1.29, 1.82) is 0 Å². The summed E-state index contributed by atoms with van der Waals surface area (Å²) in [6.07, 6.45) is 2.94. The van der Waals surface area contributed by atoms with Crippen LogP contribution in [-0.4, -0.2) is 10.6 Å². The molecule has 74 valence electrons. The molecule has 0 spiro atoms. The molecule has 14 heavy (non-hydrogen) atoms. The fourth-order valence-corrected chi connectivity index (χ4v) is 2.35. The minimum Gasteiger partial charge on any atom is -0.293 e. The molecule has 0 saturated carbocycles. The number of hydrogen-bond donors (Lipinski definition) is 0. The van der Waals surface area contributed by atoms with E-state index in [1.807, 2.05) is 6.07 Å². The number of halogens is 1. The monoisotopic (exact) mass is 252 g/mol. The molecule has 2 heteroatoms. The molecule has 0 radical (unpaired) electrons. The number of alkyl halides is 1. The van der Waals surface area contributed by atoms with Gasteiger partial charge in [-0.2, -0.15) is 0 Å². The number of aryl methyl sites for hydroxylation is 2. The Morgan fingerprint density at radius 1 is 1.50 bits per heavy atom. The van der Waals surface area contributed by atoms with Crippen LogP contribution in [0.2, 0.25) is 0 Å². The molecule has 1 unspecified atom stereocenters. The second-order valence-electron chi connectivity index (χ2n) is 3.72. The van der Waals surface area contributed by atoms with Gasteiger partial charge in [0.05, 0.1) is 4.83 Å². The SMILES string of the molecule is CCc1ccc2c(c1)C(=O)C(Br)CC2. The van der Waals surface area contributed by atoms with Gasteiger partial charge >= 0.3 is 0 Å². The van der Waals surface area contributed by atoms with E-state index in [2.05, 4.69) is 35.0 Å². The van der Waals surface area contributed by atoms with Crippen molar-refractivity contribution in [1.82, 2.24) is 0 Å². The van der Waals surface area contributed by atoms with Crippen LogP contribution in [0.25, 0.3) is 0 Å². The Morgan fingerprint density at radius 3 is 3.00 bits per heavy atom. The number of fused-ring (bicyclic) bond motifs is 1. The van der Waals surface area contributed by atoms with E-state index in [-0.39, 0.29) is 10.6 Å². The Morgan fingerprint density at radius 2 is 2.29 bits per heavy atom. The summed E-state index contributed by atoms with van der Waals surface area (Å²) in [7, 11) is 0. The molecule has 1 aromatic rings. The molecule has 0 aliphatic heterocycles. The number of carbonyl (C=O) groups excluding carboxylic acids is 1. The zero-order valence-electron chi connectivity index (χ0n) is 8.22. The van der Waals surface area contributed by atoms with Gasteiger partial charge in [-0.1, -0.05) is 35.0 Å². The number of ketones is 1. The molecule has 1 nitrogen and oxygen atoms in total. The molecule has 0 bridgehead atoms. The van der Waals surface area contributed by atoms with Gasteiger partial charge in [-0.3, -0.25) is 4.79 Å². The van der Waals surface area contributed by atoms with E-state index in [9.17, 15) is 4.79 Å². The smallest absolute Gasteiger partial charge is 0.176 e. The molecule has 0 amide bonds. The number of rotatable bonds is 1. The van der Waals surface area contributed by atoms with E-state index >= 15 is 0 Å². The van der Waals surface area contributed by atoms with Gasteiger partial charge in [0.2, 0.25) is 0 Å². The highest BCUT2D eigenvalue weighted by atomic mass is 79.9. The summed E-state index contributed by atoms with van der Waals surface area (Å²) in [6, 6.07) is 6.27. The second kappa shape index (κ2) is 3.85. The Balaban J connectivity index is 2.46. The first-order valence-electron chi connectivity index (χ1n) is 5.02. The Kier molecular flexibility index (Phi) is 2.73. The van der Waals surface area contributed by atoms with Gasteiger partial charge in [0.15, 0.2) is 5.78 Å². The van der Waals surface area contributed by atoms with Crippen molar-refractivity contribution >= 4 is 21.7 Å². The Bertz CT molecular complexity index is 371. The van der Waals surface area contributed by atoms with E-state index in [1.54, 1.807) is 0 Å². The van der Waals surface area contributed by atoms with Crippen LogP contribution >= 0.6 is 15.9 Å². The van der Waals surface area contributed by atoms with E-state index < -0.39 is 0 Å². The van der Waals surface area contributed by atoms with Crippen molar-refractivity contribution in [2.24, 2.45) is 0 Å². The number of hydrogen-bond acceptors (Lipinski definition) is 1. The van der Waals surface area contributed by atoms with Gasteiger partial charge in [-0.05, 0) is 36.5 Å². The van der Waals surface area contributed by atoms with Gasteiger partial charge in [0.25, 0.3) is 0 Å². The first-order valence-corrected chi connectivity index (χ1v) is 5.94. The van der Waals surface area contributed by atoms with Crippen LogP contribution in [-0.2, 0) is 12.8 Å². The maximum absolute atomic E-state index is 11.8. The normalized spacial score (nSPS) is 20.7. The minimum atomic E-state index is 0.0297. The van der Waals surface area contributed by atoms with Crippen LogP contribution in [0.3, 0.4) is 0 Å².